The van der Waals surface area contributed by atoms with Gasteiger partial charge >= 0.3 is 0 Å². The number of β-lactam (4-membered cyclic amide) rings is 1. The first-order chi connectivity index (χ1) is 9.70. The Labute approximate surface area is 117 Å². The minimum Gasteiger partial charge on any atom is -0.274 e. The second kappa shape index (κ2) is 4.93. The van der Waals surface area contributed by atoms with E-state index in [9.17, 15) is 9.59 Å². The van der Waals surface area contributed by atoms with E-state index in [4.69, 9.17) is 0 Å². The van der Waals surface area contributed by atoms with Gasteiger partial charge in [-0.15, -0.1) is 0 Å². The minimum absolute atomic E-state index is 0.104. The standard InChI is InChI=1S/C17H15NO2/c1-12-15(13-8-4-2-5-9-13)18(16(12)19)17(20)14-10-6-3-7-11-14/h2-12,15H,1H3/t12-,15-/m0/s1. The minimum atomic E-state index is -0.220. The van der Waals surface area contributed by atoms with Gasteiger partial charge in [0.25, 0.3) is 5.91 Å². The largest absolute Gasteiger partial charge is 0.274 e. The van der Waals surface area contributed by atoms with Crippen LogP contribution >= 0.6 is 0 Å². The maximum absolute atomic E-state index is 12.5. The van der Waals surface area contributed by atoms with Crippen LogP contribution in [0.1, 0.15) is 28.9 Å². The average Bonchev–Trinajstić information content (AvgIpc) is 2.52. The zero-order valence-corrected chi connectivity index (χ0v) is 11.2. The van der Waals surface area contributed by atoms with Crippen molar-refractivity contribution in [2.75, 3.05) is 0 Å². The average molecular weight is 265 g/mol. The number of benzene rings is 2. The first-order valence-corrected chi connectivity index (χ1v) is 6.67. The molecule has 0 aromatic heterocycles. The molecule has 0 unspecified atom stereocenters. The molecule has 100 valence electrons. The van der Waals surface area contributed by atoms with E-state index >= 15 is 0 Å². The Morgan fingerprint density at radius 3 is 2.10 bits per heavy atom. The summed E-state index contributed by atoms with van der Waals surface area (Å²) < 4.78 is 0. The summed E-state index contributed by atoms with van der Waals surface area (Å²) in [6.45, 7) is 1.87. The van der Waals surface area contributed by atoms with E-state index in [1.807, 2.05) is 43.3 Å². The van der Waals surface area contributed by atoms with Crippen LogP contribution in [0.4, 0.5) is 0 Å². The Morgan fingerprint density at radius 2 is 1.50 bits per heavy atom. The number of imide groups is 1. The van der Waals surface area contributed by atoms with Gasteiger partial charge in [0.05, 0.1) is 12.0 Å². The summed E-state index contributed by atoms with van der Waals surface area (Å²) >= 11 is 0. The SMILES string of the molecule is C[C@@H]1C(=O)N(C(=O)c2ccccc2)[C@@H]1c1ccccc1. The van der Waals surface area contributed by atoms with Crippen LogP contribution in [0.2, 0.25) is 0 Å². The number of carbonyl (C=O) groups is 2. The monoisotopic (exact) mass is 265 g/mol. The van der Waals surface area contributed by atoms with E-state index in [2.05, 4.69) is 0 Å². The topological polar surface area (TPSA) is 37.4 Å². The van der Waals surface area contributed by atoms with Crippen molar-refractivity contribution in [3.63, 3.8) is 0 Å². The first-order valence-electron chi connectivity index (χ1n) is 6.67. The molecule has 2 aromatic carbocycles. The van der Waals surface area contributed by atoms with Gasteiger partial charge in [-0.3, -0.25) is 14.5 Å². The maximum atomic E-state index is 12.5. The van der Waals surface area contributed by atoms with E-state index < -0.39 is 0 Å². The number of amides is 2. The predicted octanol–water partition coefficient (Wildman–Crippen LogP) is 3.05. The molecule has 0 bridgehead atoms. The molecule has 1 heterocycles. The Hall–Kier alpha value is -2.42. The fourth-order valence-electron chi connectivity index (χ4n) is 2.67. The van der Waals surface area contributed by atoms with Crippen LogP contribution in [0.5, 0.6) is 0 Å². The molecule has 1 saturated heterocycles. The molecule has 1 aliphatic heterocycles. The summed E-state index contributed by atoms with van der Waals surface area (Å²) in [5.41, 5.74) is 1.55. The maximum Gasteiger partial charge on any atom is 0.261 e. The first kappa shape index (κ1) is 12.6. The number of nitrogens with zero attached hydrogens (tertiary/aromatic N) is 1. The molecule has 3 heteroatoms. The summed E-state index contributed by atoms with van der Waals surface area (Å²) in [6, 6.07) is 18.5. The van der Waals surface area contributed by atoms with Gasteiger partial charge < -0.3 is 0 Å². The van der Waals surface area contributed by atoms with E-state index in [0.29, 0.717) is 5.56 Å². The number of likely N-dealkylation sites (tertiary alicyclic amines) is 1. The van der Waals surface area contributed by atoms with Gasteiger partial charge in [0.1, 0.15) is 0 Å². The molecular weight excluding hydrogens is 250 g/mol. The molecule has 2 aromatic rings. The van der Waals surface area contributed by atoms with Crippen molar-refractivity contribution < 1.29 is 9.59 Å². The van der Waals surface area contributed by atoms with Crippen molar-refractivity contribution in [3.8, 4) is 0 Å². The lowest BCUT2D eigenvalue weighted by molar-refractivity contribution is -0.149. The Morgan fingerprint density at radius 1 is 0.950 bits per heavy atom. The third kappa shape index (κ3) is 1.92. The van der Waals surface area contributed by atoms with Crippen molar-refractivity contribution in [2.24, 2.45) is 5.92 Å². The van der Waals surface area contributed by atoms with E-state index in [0.717, 1.165) is 5.56 Å². The second-order valence-electron chi connectivity index (χ2n) is 5.02. The van der Waals surface area contributed by atoms with E-state index in [1.165, 1.54) is 4.90 Å². The highest BCUT2D eigenvalue weighted by atomic mass is 16.2. The van der Waals surface area contributed by atoms with Crippen molar-refractivity contribution in [1.29, 1.82) is 0 Å². The number of carbonyl (C=O) groups excluding carboxylic acids is 2. The summed E-state index contributed by atoms with van der Waals surface area (Å²) in [5, 5.41) is 0. The molecule has 3 nitrogen and oxygen atoms in total. The molecule has 0 spiro atoms. The molecule has 0 N–H and O–H groups in total. The fourth-order valence-corrected chi connectivity index (χ4v) is 2.67. The zero-order valence-electron chi connectivity index (χ0n) is 11.2. The normalized spacial score (nSPS) is 21.4. The predicted molar refractivity (Wildman–Crippen MR) is 76.0 cm³/mol. The summed E-state index contributed by atoms with van der Waals surface area (Å²) in [6.07, 6.45) is 0. The molecule has 0 aliphatic carbocycles. The number of hydrogen-bond donors (Lipinski definition) is 0. The fraction of sp³-hybridized carbons (Fsp3) is 0.176. The Balaban J connectivity index is 1.92. The van der Waals surface area contributed by atoms with Crippen LogP contribution < -0.4 is 0 Å². The summed E-state index contributed by atoms with van der Waals surface area (Å²) in [7, 11) is 0. The highest BCUT2D eigenvalue weighted by Crippen LogP contribution is 2.40. The Bertz CT molecular complexity index is 637. The van der Waals surface area contributed by atoms with Crippen LogP contribution in [-0.2, 0) is 4.79 Å². The quantitative estimate of drug-likeness (QED) is 0.618. The van der Waals surface area contributed by atoms with Gasteiger partial charge in [-0.1, -0.05) is 55.5 Å². The van der Waals surface area contributed by atoms with Gasteiger partial charge in [-0.25, -0.2) is 0 Å². The van der Waals surface area contributed by atoms with Gasteiger partial charge in [-0.2, -0.15) is 0 Å². The molecular formula is C17H15NO2. The van der Waals surface area contributed by atoms with Crippen molar-refractivity contribution >= 4 is 11.8 Å². The molecule has 1 fully saturated rings. The Kier molecular flexibility index (Phi) is 3.11. The van der Waals surface area contributed by atoms with Crippen molar-refractivity contribution in [2.45, 2.75) is 13.0 Å². The van der Waals surface area contributed by atoms with E-state index in [-0.39, 0.29) is 23.8 Å². The molecule has 1 aliphatic rings. The number of hydrogen-bond acceptors (Lipinski definition) is 2. The highest BCUT2D eigenvalue weighted by Gasteiger charge is 2.48. The zero-order chi connectivity index (χ0) is 14.1. The van der Waals surface area contributed by atoms with Gasteiger partial charge in [0, 0.05) is 5.56 Å². The lowest BCUT2D eigenvalue weighted by Crippen LogP contribution is -2.56. The van der Waals surface area contributed by atoms with Crippen LogP contribution in [0.25, 0.3) is 0 Å². The third-order valence-electron chi connectivity index (χ3n) is 3.76. The van der Waals surface area contributed by atoms with Crippen molar-refractivity contribution in [3.05, 3.63) is 71.8 Å². The van der Waals surface area contributed by atoms with E-state index in [1.54, 1.807) is 24.3 Å². The summed E-state index contributed by atoms with van der Waals surface area (Å²) in [4.78, 5) is 25.9. The number of rotatable bonds is 2. The van der Waals surface area contributed by atoms with Gasteiger partial charge in [0.2, 0.25) is 5.91 Å². The molecule has 3 rings (SSSR count). The highest BCUT2D eigenvalue weighted by molar-refractivity contribution is 6.09. The van der Waals surface area contributed by atoms with Gasteiger partial charge in [-0.05, 0) is 17.7 Å². The molecule has 2 atom stereocenters. The molecule has 0 radical (unpaired) electrons. The van der Waals surface area contributed by atoms with Crippen LogP contribution in [0.15, 0.2) is 60.7 Å². The lowest BCUT2D eigenvalue weighted by atomic mass is 9.83. The van der Waals surface area contributed by atoms with Crippen LogP contribution in [-0.4, -0.2) is 16.7 Å². The van der Waals surface area contributed by atoms with Crippen LogP contribution in [0, 0.1) is 5.92 Å². The van der Waals surface area contributed by atoms with Crippen molar-refractivity contribution in [1.82, 2.24) is 4.90 Å². The van der Waals surface area contributed by atoms with Gasteiger partial charge in [0.15, 0.2) is 0 Å². The molecule has 2 amide bonds. The molecule has 20 heavy (non-hydrogen) atoms. The van der Waals surface area contributed by atoms with Crippen LogP contribution in [0.3, 0.4) is 0 Å². The smallest absolute Gasteiger partial charge is 0.261 e. The lowest BCUT2D eigenvalue weighted by Gasteiger charge is -2.44. The third-order valence-corrected chi connectivity index (χ3v) is 3.76. The summed E-state index contributed by atoms with van der Waals surface area (Å²) in [5.74, 6) is -0.472. The second-order valence-corrected chi connectivity index (χ2v) is 5.02. The molecule has 0 saturated carbocycles.